The molecule has 0 unspecified atom stereocenters. The molecule has 0 bridgehead atoms. The van der Waals surface area contributed by atoms with Gasteiger partial charge in [-0.3, -0.25) is 4.79 Å². The summed E-state index contributed by atoms with van der Waals surface area (Å²) < 4.78 is 11.3. The zero-order valence-electron chi connectivity index (χ0n) is 12.7. The maximum Gasteiger partial charge on any atom is 0.343 e. The Kier molecular flexibility index (Phi) is 2.87. The van der Waals surface area contributed by atoms with Crippen molar-refractivity contribution >= 4 is 11.0 Å². The summed E-state index contributed by atoms with van der Waals surface area (Å²) in [6.45, 7) is 3.61. The molecule has 0 aliphatic carbocycles. The lowest BCUT2D eigenvalue weighted by molar-refractivity contribution is 0.409. The van der Waals surface area contributed by atoms with Gasteiger partial charge in [-0.05, 0) is 25.5 Å². The van der Waals surface area contributed by atoms with Crippen LogP contribution in [-0.2, 0) is 0 Å². The lowest BCUT2D eigenvalue weighted by Crippen LogP contribution is -2.27. The van der Waals surface area contributed by atoms with Gasteiger partial charge in [-0.1, -0.05) is 19.1 Å². The molecule has 1 atom stereocenters. The van der Waals surface area contributed by atoms with Crippen molar-refractivity contribution in [1.29, 1.82) is 0 Å². The zero-order valence-corrected chi connectivity index (χ0v) is 12.7. The van der Waals surface area contributed by atoms with Crippen LogP contribution < -0.4 is 15.9 Å². The van der Waals surface area contributed by atoms with Crippen molar-refractivity contribution in [2.45, 2.75) is 26.2 Å². The third kappa shape index (κ3) is 1.91. The summed E-state index contributed by atoms with van der Waals surface area (Å²) in [5.74, 6) is 0.779. The summed E-state index contributed by atoms with van der Waals surface area (Å²) in [5.41, 5.74) is 0.466. The second kappa shape index (κ2) is 4.81. The second-order valence-corrected chi connectivity index (χ2v) is 5.56. The maximum atomic E-state index is 12.5. The fourth-order valence-electron chi connectivity index (χ4n) is 3.15. The van der Waals surface area contributed by atoms with Crippen LogP contribution in [0.25, 0.3) is 11.0 Å². The molecule has 2 aromatic heterocycles. The van der Waals surface area contributed by atoms with Crippen molar-refractivity contribution in [3.8, 4) is 11.6 Å². The highest BCUT2D eigenvalue weighted by atomic mass is 16.5. The largest absolute Gasteiger partial charge is 0.437 e. The van der Waals surface area contributed by atoms with Gasteiger partial charge in [0.15, 0.2) is 5.75 Å². The van der Waals surface area contributed by atoms with Crippen LogP contribution in [0.1, 0.15) is 36.2 Å². The molecule has 0 spiro atoms. The van der Waals surface area contributed by atoms with E-state index < -0.39 is 11.5 Å². The van der Waals surface area contributed by atoms with Gasteiger partial charge in [0.2, 0.25) is 5.88 Å². The van der Waals surface area contributed by atoms with Crippen molar-refractivity contribution < 1.29 is 9.15 Å². The van der Waals surface area contributed by atoms with E-state index >= 15 is 0 Å². The normalized spacial score (nSPS) is 15.8. The van der Waals surface area contributed by atoms with Crippen LogP contribution in [0.2, 0.25) is 0 Å². The van der Waals surface area contributed by atoms with Gasteiger partial charge in [-0.25, -0.2) is 4.79 Å². The number of H-pyrrole nitrogens is 1. The predicted octanol–water partition coefficient (Wildman–Crippen LogP) is 2.83. The van der Waals surface area contributed by atoms with Crippen molar-refractivity contribution in [2.75, 3.05) is 0 Å². The van der Waals surface area contributed by atoms with E-state index in [1.54, 1.807) is 19.1 Å². The van der Waals surface area contributed by atoms with E-state index in [1.807, 2.05) is 19.1 Å². The van der Waals surface area contributed by atoms with Crippen molar-refractivity contribution in [3.05, 3.63) is 62.0 Å². The van der Waals surface area contributed by atoms with Crippen LogP contribution in [0.3, 0.4) is 0 Å². The van der Waals surface area contributed by atoms with Crippen molar-refractivity contribution in [2.24, 2.45) is 0 Å². The first-order valence-electron chi connectivity index (χ1n) is 7.44. The average molecular weight is 310 g/mol. The first-order valence-corrected chi connectivity index (χ1v) is 7.44. The number of nitrogens with zero attached hydrogens (tertiary/aromatic N) is 1. The molecule has 1 aromatic carbocycles. The number of ether oxygens (including phenoxy) is 1. The van der Waals surface area contributed by atoms with E-state index in [2.05, 4.69) is 9.97 Å². The topological polar surface area (TPSA) is 85.2 Å². The summed E-state index contributed by atoms with van der Waals surface area (Å²) in [7, 11) is 0. The Morgan fingerprint density at radius 1 is 1.22 bits per heavy atom. The predicted molar refractivity (Wildman–Crippen MR) is 84.3 cm³/mol. The summed E-state index contributed by atoms with van der Waals surface area (Å²) >= 11 is 0. The van der Waals surface area contributed by atoms with E-state index in [9.17, 15) is 9.59 Å². The molecule has 4 rings (SSSR count). The minimum Gasteiger partial charge on any atom is -0.437 e. The highest BCUT2D eigenvalue weighted by Gasteiger charge is 2.34. The average Bonchev–Trinajstić information content (AvgIpc) is 2.52. The minimum atomic E-state index is -0.476. The van der Waals surface area contributed by atoms with E-state index in [0.29, 0.717) is 40.1 Å². The maximum absolute atomic E-state index is 12.5. The summed E-state index contributed by atoms with van der Waals surface area (Å²) in [4.78, 5) is 31.8. The van der Waals surface area contributed by atoms with Gasteiger partial charge in [-0.2, -0.15) is 4.98 Å². The third-order valence-electron chi connectivity index (χ3n) is 4.14. The minimum absolute atomic E-state index is 0.265. The van der Waals surface area contributed by atoms with Gasteiger partial charge in [0.1, 0.15) is 11.4 Å². The molecule has 116 valence electrons. The smallest absolute Gasteiger partial charge is 0.343 e. The zero-order chi connectivity index (χ0) is 16.1. The standard InChI is InChI=1S/C17H14N2O4/c1-3-9-12-14(10-6-4-5-7-11(10)22-17(12)21)23-16-13(9)15(20)18-8(2)19-16/h4-7,9H,3H2,1-2H3,(H,18,19,20)/t9-/m0/s1. The number of nitrogens with one attached hydrogen (secondary N) is 1. The molecule has 0 radical (unpaired) electrons. The Bertz CT molecular complexity index is 1050. The van der Waals surface area contributed by atoms with E-state index in [4.69, 9.17) is 9.15 Å². The van der Waals surface area contributed by atoms with Gasteiger partial charge in [-0.15, -0.1) is 0 Å². The molecule has 6 nitrogen and oxygen atoms in total. The van der Waals surface area contributed by atoms with Gasteiger partial charge in [0.05, 0.1) is 16.5 Å². The number of fused-ring (bicyclic) bond motifs is 4. The molecule has 0 saturated heterocycles. The number of hydrogen-bond acceptors (Lipinski definition) is 5. The SMILES string of the molecule is CC[C@@H]1c2c(nc(C)[nH]c2=O)Oc2c1c(=O)oc1ccccc21. The summed E-state index contributed by atoms with van der Waals surface area (Å²) in [6, 6.07) is 7.18. The molecule has 1 aliphatic heterocycles. The quantitative estimate of drug-likeness (QED) is 0.699. The van der Waals surface area contributed by atoms with Gasteiger partial charge in [0.25, 0.3) is 5.56 Å². The molecule has 1 N–H and O–H groups in total. The number of aromatic amines is 1. The molecular weight excluding hydrogens is 296 g/mol. The van der Waals surface area contributed by atoms with Crippen LogP contribution in [0, 0.1) is 6.92 Å². The molecular formula is C17H14N2O4. The van der Waals surface area contributed by atoms with E-state index in [0.717, 1.165) is 0 Å². The Hall–Kier alpha value is -2.89. The summed E-state index contributed by atoms with van der Waals surface area (Å²) in [5, 5.41) is 0.700. The molecule has 1 aliphatic rings. The Balaban J connectivity index is 2.12. The summed E-state index contributed by atoms with van der Waals surface area (Å²) in [6.07, 6.45) is 0.570. The molecule has 6 heteroatoms. The molecule has 3 aromatic rings. The third-order valence-corrected chi connectivity index (χ3v) is 4.14. The number of para-hydroxylation sites is 1. The van der Waals surface area contributed by atoms with Crippen LogP contribution >= 0.6 is 0 Å². The van der Waals surface area contributed by atoms with Crippen LogP contribution in [0.15, 0.2) is 38.3 Å². The lowest BCUT2D eigenvalue weighted by atomic mass is 9.88. The number of hydrogen-bond donors (Lipinski definition) is 1. The highest BCUT2D eigenvalue weighted by Crippen LogP contribution is 2.44. The Morgan fingerprint density at radius 3 is 2.78 bits per heavy atom. The molecule has 0 fully saturated rings. The number of aryl methyl sites for hydroxylation is 1. The highest BCUT2D eigenvalue weighted by molar-refractivity contribution is 5.85. The molecule has 3 heterocycles. The van der Waals surface area contributed by atoms with Crippen LogP contribution in [-0.4, -0.2) is 9.97 Å². The fraction of sp³-hybridized carbons (Fsp3) is 0.235. The number of aromatic nitrogens is 2. The molecule has 0 saturated carbocycles. The van der Waals surface area contributed by atoms with Gasteiger partial charge < -0.3 is 14.1 Å². The van der Waals surface area contributed by atoms with Gasteiger partial charge >= 0.3 is 5.63 Å². The van der Waals surface area contributed by atoms with Gasteiger partial charge in [0, 0.05) is 5.92 Å². The first-order chi connectivity index (χ1) is 11.1. The fourth-order valence-corrected chi connectivity index (χ4v) is 3.15. The van der Waals surface area contributed by atoms with Crippen molar-refractivity contribution in [1.82, 2.24) is 9.97 Å². The Labute approximate surface area is 130 Å². The molecule has 0 amide bonds. The monoisotopic (exact) mass is 310 g/mol. The number of benzene rings is 1. The van der Waals surface area contributed by atoms with Crippen LogP contribution in [0.4, 0.5) is 0 Å². The van der Waals surface area contributed by atoms with E-state index in [1.165, 1.54) is 0 Å². The van der Waals surface area contributed by atoms with Crippen molar-refractivity contribution in [3.63, 3.8) is 0 Å². The number of rotatable bonds is 1. The lowest BCUT2D eigenvalue weighted by Gasteiger charge is -2.25. The Morgan fingerprint density at radius 2 is 2.00 bits per heavy atom. The first kappa shape index (κ1) is 13.8. The second-order valence-electron chi connectivity index (χ2n) is 5.56. The van der Waals surface area contributed by atoms with Crippen LogP contribution in [0.5, 0.6) is 11.6 Å². The molecule has 23 heavy (non-hydrogen) atoms. The van der Waals surface area contributed by atoms with E-state index in [-0.39, 0.29) is 11.4 Å².